The average Bonchev–Trinajstić information content (AvgIpc) is 2.67. The fourth-order valence-electron chi connectivity index (χ4n) is 6.82. The largest absolute Gasteiger partial charge is 0.314 e. The van der Waals surface area contributed by atoms with E-state index in [2.05, 4.69) is 10.6 Å². The van der Waals surface area contributed by atoms with Gasteiger partial charge in [-0.1, -0.05) is 51.4 Å². The molecule has 0 spiro atoms. The first-order valence-electron chi connectivity index (χ1n) is 11.9. The van der Waals surface area contributed by atoms with Crippen molar-refractivity contribution in [3.05, 3.63) is 0 Å². The second-order valence-corrected chi connectivity index (χ2v) is 9.89. The minimum Gasteiger partial charge on any atom is -0.314 e. The van der Waals surface area contributed by atoms with Crippen molar-refractivity contribution in [1.29, 1.82) is 0 Å². The first kappa shape index (κ1) is 18.3. The lowest BCUT2D eigenvalue weighted by atomic mass is 9.69. The molecule has 0 aromatic carbocycles. The van der Waals surface area contributed by atoms with Gasteiger partial charge in [-0.25, -0.2) is 0 Å². The lowest BCUT2D eigenvalue weighted by Crippen LogP contribution is -2.41. The third-order valence-electron chi connectivity index (χ3n) is 8.30. The van der Waals surface area contributed by atoms with Gasteiger partial charge >= 0.3 is 0 Å². The standard InChI is InChI=1S/C23H42N2/c1-3-8-20-16-22(12-10-18(20)6-1)24-14-5-15-25-23-13-11-19-7-2-4-9-21(19)17-23/h18-25H,1-17H2. The second-order valence-electron chi connectivity index (χ2n) is 9.89. The van der Waals surface area contributed by atoms with E-state index in [9.17, 15) is 0 Å². The van der Waals surface area contributed by atoms with Crippen LogP contribution in [-0.2, 0) is 0 Å². The molecule has 0 aromatic rings. The molecule has 4 fully saturated rings. The molecule has 25 heavy (non-hydrogen) atoms. The van der Waals surface area contributed by atoms with E-state index in [0.29, 0.717) is 0 Å². The molecule has 0 aromatic heterocycles. The van der Waals surface area contributed by atoms with Crippen molar-refractivity contribution in [2.75, 3.05) is 13.1 Å². The summed E-state index contributed by atoms with van der Waals surface area (Å²) in [5, 5.41) is 7.80. The Bertz CT molecular complexity index is 360. The number of nitrogens with one attached hydrogen (secondary N) is 2. The highest BCUT2D eigenvalue weighted by Crippen LogP contribution is 2.41. The number of fused-ring (bicyclic) bond motifs is 2. The lowest BCUT2D eigenvalue weighted by Gasteiger charge is -2.40. The molecule has 4 aliphatic rings. The Morgan fingerprint density at radius 2 is 0.920 bits per heavy atom. The van der Waals surface area contributed by atoms with Crippen molar-refractivity contribution in [1.82, 2.24) is 10.6 Å². The van der Waals surface area contributed by atoms with Gasteiger partial charge in [0.1, 0.15) is 0 Å². The van der Waals surface area contributed by atoms with E-state index in [1.54, 1.807) is 0 Å². The highest BCUT2D eigenvalue weighted by Gasteiger charge is 2.32. The van der Waals surface area contributed by atoms with Crippen LogP contribution in [0.5, 0.6) is 0 Å². The van der Waals surface area contributed by atoms with Crippen molar-refractivity contribution < 1.29 is 0 Å². The lowest BCUT2D eigenvalue weighted by molar-refractivity contribution is 0.141. The molecule has 2 nitrogen and oxygen atoms in total. The molecule has 2 N–H and O–H groups in total. The molecule has 4 saturated carbocycles. The summed E-state index contributed by atoms with van der Waals surface area (Å²) in [7, 11) is 0. The van der Waals surface area contributed by atoms with Crippen LogP contribution in [0.2, 0.25) is 0 Å². The maximum atomic E-state index is 3.90. The van der Waals surface area contributed by atoms with Gasteiger partial charge in [-0.3, -0.25) is 0 Å². The summed E-state index contributed by atoms with van der Waals surface area (Å²) in [6.45, 7) is 2.46. The third-order valence-corrected chi connectivity index (χ3v) is 8.30. The summed E-state index contributed by atoms with van der Waals surface area (Å²) in [4.78, 5) is 0. The van der Waals surface area contributed by atoms with Gasteiger partial charge in [0.05, 0.1) is 0 Å². The second kappa shape index (κ2) is 9.22. The molecule has 0 saturated heterocycles. The highest BCUT2D eigenvalue weighted by atomic mass is 14.9. The minimum atomic E-state index is 0.831. The highest BCUT2D eigenvalue weighted by molar-refractivity contribution is 4.87. The smallest absolute Gasteiger partial charge is 0.00699 e. The molecule has 0 bridgehead atoms. The minimum absolute atomic E-state index is 0.831. The van der Waals surface area contributed by atoms with Crippen molar-refractivity contribution in [3.63, 3.8) is 0 Å². The molecule has 6 atom stereocenters. The predicted molar refractivity (Wildman–Crippen MR) is 107 cm³/mol. The summed E-state index contributed by atoms with van der Waals surface area (Å²) >= 11 is 0. The number of rotatable bonds is 6. The van der Waals surface area contributed by atoms with Crippen LogP contribution in [0.15, 0.2) is 0 Å². The molecule has 144 valence electrons. The van der Waals surface area contributed by atoms with Crippen molar-refractivity contribution in [2.45, 2.75) is 108 Å². The van der Waals surface area contributed by atoms with Gasteiger partial charge in [0.25, 0.3) is 0 Å². The maximum absolute atomic E-state index is 3.90. The Morgan fingerprint density at radius 3 is 1.40 bits per heavy atom. The Hall–Kier alpha value is -0.0800. The van der Waals surface area contributed by atoms with Crippen molar-refractivity contribution in [3.8, 4) is 0 Å². The van der Waals surface area contributed by atoms with Crippen molar-refractivity contribution in [2.24, 2.45) is 23.7 Å². The quantitative estimate of drug-likeness (QED) is 0.640. The molecule has 0 amide bonds. The van der Waals surface area contributed by atoms with E-state index in [0.717, 1.165) is 35.8 Å². The van der Waals surface area contributed by atoms with Gasteiger partial charge in [0.15, 0.2) is 0 Å². The van der Waals surface area contributed by atoms with Crippen molar-refractivity contribution >= 4 is 0 Å². The van der Waals surface area contributed by atoms with E-state index in [1.165, 1.54) is 109 Å². The molecule has 0 radical (unpaired) electrons. The Morgan fingerprint density at radius 1 is 0.480 bits per heavy atom. The van der Waals surface area contributed by atoms with E-state index in [-0.39, 0.29) is 0 Å². The Labute approximate surface area is 156 Å². The van der Waals surface area contributed by atoms with E-state index < -0.39 is 0 Å². The molecule has 0 heterocycles. The molecule has 4 rings (SSSR count). The molecule has 6 unspecified atom stereocenters. The molecule has 2 heteroatoms. The molecular weight excluding hydrogens is 304 g/mol. The van der Waals surface area contributed by atoms with Gasteiger partial charge < -0.3 is 10.6 Å². The average molecular weight is 347 g/mol. The Balaban J connectivity index is 1.07. The zero-order chi connectivity index (χ0) is 16.9. The monoisotopic (exact) mass is 346 g/mol. The summed E-state index contributed by atoms with van der Waals surface area (Å²) in [6.07, 6.45) is 22.3. The van der Waals surface area contributed by atoms with E-state index in [4.69, 9.17) is 0 Å². The molecule has 4 aliphatic carbocycles. The normalized spacial score (nSPS) is 41.8. The number of hydrogen-bond donors (Lipinski definition) is 2. The van der Waals surface area contributed by atoms with Gasteiger partial charge in [0, 0.05) is 12.1 Å². The summed E-state index contributed by atoms with van der Waals surface area (Å²) < 4.78 is 0. The van der Waals surface area contributed by atoms with E-state index in [1.807, 2.05) is 0 Å². The van der Waals surface area contributed by atoms with Crippen LogP contribution in [0.3, 0.4) is 0 Å². The van der Waals surface area contributed by atoms with Crippen LogP contribution < -0.4 is 10.6 Å². The first-order chi connectivity index (χ1) is 12.4. The summed E-state index contributed by atoms with van der Waals surface area (Å²) in [5.41, 5.74) is 0. The van der Waals surface area contributed by atoms with Crippen LogP contribution in [0.1, 0.15) is 96.3 Å². The van der Waals surface area contributed by atoms with Gasteiger partial charge in [-0.2, -0.15) is 0 Å². The van der Waals surface area contributed by atoms with Gasteiger partial charge in [0.2, 0.25) is 0 Å². The zero-order valence-electron chi connectivity index (χ0n) is 16.5. The van der Waals surface area contributed by atoms with Crippen LogP contribution in [0.4, 0.5) is 0 Å². The molecular formula is C23H42N2. The fraction of sp³-hybridized carbons (Fsp3) is 1.00. The Kier molecular flexibility index (Phi) is 6.74. The first-order valence-corrected chi connectivity index (χ1v) is 11.9. The maximum Gasteiger partial charge on any atom is 0.00699 e. The van der Waals surface area contributed by atoms with Gasteiger partial charge in [-0.05, 0) is 81.7 Å². The fourth-order valence-corrected chi connectivity index (χ4v) is 6.82. The SMILES string of the molecule is C(CNC1CCC2CCCCC2C1)CNC1CCC2CCCCC2C1. The predicted octanol–water partition coefficient (Wildman–Crippen LogP) is 5.27. The topological polar surface area (TPSA) is 24.1 Å². The number of hydrogen-bond acceptors (Lipinski definition) is 2. The summed E-state index contributed by atoms with van der Waals surface area (Å²) in [6, 6.07) is 1.66. The third kappa shape index (κ3) is 5.01. The van der Waals surface area contributed by atoms with Crippen LogP contribution in [0.25, 0.3) is 0 Å². The summed E-state index contributed by atoms with van der Waals surface area (Å²) in [5.74, 6) is 4.29. The van der Waals surface area contributed by atoms with Crippen LogP contribution in [-0.4, -0.2) is 25.2 Å². The van der Waals surface area contributed by atoms with Gasteiger partial charge in [-0.15, -0.1) is 0 Å². The molecule has 0 aliphatic heterocycles. The van der Waals surface area contributed by atoms with Crippen LogP contribution in [0, 0.1) is 23.7 Å². The zero-order valence-corrected chi connectivity index (χ0v) is 16.5. The van der Waals surface area contributed by atoms with E-state index >= 15 is 0 Å². The van der Waals surface area contributed by atoms with Crippen LogP contribution >= 0.6 is 0 Å².